The summed E-state index contributed by atoms with van der Waals surface area (Å²) >= 11 is 0. The van der Waals surface area contributed by atoms with Gasteiger partial charge in [-0.25, -0.2) is 0 Å². The molecule has 22 heavy (non-hydrogen) atoms. The fourth-order valence-corrected chi connectivity index (χ4v) is 2.79. The lowest BCUT2D eigenvalue weighted by atomic mass is 9.92. The van der Waals surface area contributed by atoms with E-state index in [1.807, 2.05) is 31.1 Å². The molecule has 0 radical (unpaired) electrons. The zero-order valence-corrected chi connectivity index (χ0v) is 14.6. The number of amides is 1. The quantitative estimate of drug-likeness (QED) is 0.867. The summed E-state index contributed by atoms with van der Waals surface area (Å²) in [5.41, 5.74) is 0. The van der Waals surface area contributed by atoms with Gasteiger partial charge in [0.25, 0.3) is 0 Å². The Kier molecular flexibility index (Phi) is 7.93. The molecule has 2 rings (SSSR count). The molecule has 5 nitrogen and oxygen atoms in total. The van der Waals surface area contributed by atoms with Gasteiger partial charge in [0.15, 0.2) is 0 Å². The summed E-state index contributed by atoms with van der Waals surface area (Å²) in [7, 11) is 4.06. The van der Waals surface area contributed by atoms with Crippen molar-refractivity contribution >= 4 is 18.3 Å². The van der Waals surface area contributed by atoms with E-state index in [2.05, 4.69) is 17.1 Å². The minimum absolute atomic E-state index is 0. The van der Waals surface area contributed by atoms with Crippen molar-refractivity contribution in [3.63, 3.8) is 0 Å². The van der Waals surface area contributed by atoms with Gasteiger partial charge < -0.3 is 19.5 Å². The topological polar surface area (TPSA) is 48.7 Å². The Morgan fingerprint density at radius 2 is 2.18 bits per heavy atom. The molecule has 2 atom stereocenters. The summed E-state index contributed by atoms with van der Waals surface area (Å²) in [6.45, 7) is 5.26. The maximum absolute atomic E-state index is 12.8. The second kappa shape index (κ2) is 9.18. The number of piperidine rings is 1. The van der Waals surface area contributed by atoms with Gasteiger partial charge in [0.2, 0.25) is 5.91 Å². The number of carbonyl (C=O) groups excluding carboxylic acids is 1. The molecule has 1 aliphatic rings. The molecule has 1 saturated heterocycles. The zero-order chi connectivity index (χ0) is 15.2. The first-order valence-corrected chi connectivity index (χ1v) is 7.75. The Morgan fingerprint density at radius 3 is 2.77 bits per heavy atom. The molecule has 0 aliphatic carbocycles. The third kappa shape index (κ3) is 5.63. The van der Waals surface area contributed by atoms with Crippen LogP contribution in [-0.2, 0) is 11.3 Å². The van der Waals surface area contributed by atoms with E-state index in [1.54, 1.807) is 6.26 Å². The Bertz CT molecular complexity index is 437. The highest BCUT2D eigenvalue weighted by Gasteiger charge is 2.28. The van der Waals surface area contributed by atoms with Gasteiger partial charge in [0, 0.05) is 25.0 Å². The number of furan rings is 1. The van der Waals surface area contributed by atoms with Crippen molar-refractivity contribution < 1.29 is 9.21 Å². The number of rotatable bonds is 6. The average molecular weight is 330 g/mol. The van der Waals surface area contributed by atoms with Gasteiger partial charge in [-0.2, -0.15) is 0 Å². The fraction of sp³-hybridized carbons (Fsp3) is 0.688. The molecule has 0 bridgehead atoms. The number of hydrogen-bond donors (Lipinski definition) is 1. The first-order valence-electron chi connectivity index (χ1n) is 7.75. The molecule has 1 N–H and O–H groups in total. The Balaban J connectivity index is 0.00000242. The highest BCUT2D eigenvalue weighted by Crippen LogP contribution is 2.20. The molecular weight excluding hydrogens is 302 g/mol. The van der Waals surface area contributed by atoms with E-state index in [-0.39, 0.29) is 24.2 Å². The van der Waals surface area contributed by atoms with Crippen LogP contribution in [0.4, 0.5) is 0 Å². The molecule has 0 aromatic carbocycles. The second-order valence-electron chi connectivity index (χ2n) is 6.22. The van der Waals surface area contributed by atoms with Gasteiger partial charge in [-0.1, -0.05) is 0 Å². The highest BCUT2D eigenvalue weighted by atomic mass is 35.5. The van der Waals surface area contributed by atoms with Gasteiger partial charge in [-0.3, -0.25) is 4.79 Å². The van der Waals surface area contributed by atoms with Crippen LogP contribution in [0.5, 0.6) is 0 Å². The van der Waals surface area contributed by atoms with Gasteiger partial charge in [0.05, 0.1) is 12.8 Å². The third-order valence-corrected chi connectivity index (χ3v) is 4.03. The van der Waals surface area contributed by atoms with Gasteiger partial charge in [0.1, 0.15) is 5.76 Å². The van der Waals surface area contributed by atoms with Crippen LogP contribution in [0.25, 0.3) is 0 Å². The van der Waals surface area contributed by atoms with Crippen molar-refractivity contribution in [1.82, 2.24) is 15.1 Å². The van der Waals surface area contributed by atoms with Crippen LogP contribution in [0, 0.1) is 5.92 Å². The molecule has 1 fully saturated rings. The van der Waals surface area contributed by atoms with Crippen LogP contribution >= 0.6 is 12.4 Å². The first kappa shape index (κ1) is 19.0. The molecule has 1 aromatic rings. The van der Waals surface area contributed by atoms with Crippen molar-refractivity contribution in [3.05, 3.63) is 24.2 Å². The first-order chi connectivity index (χ1) is 10.1. The predicted molar refractivity (Wildman–Crippen MR) is 90.1 cm³/mol. The largest absolute Gasteiger partial charge is 0.467 e. The summed E-state index contributed by atoms with van der Waals surface area (Å²) < 4.78 is 5.41. The summed E-state index contributed by atoms with van der Waals surface area (Å²) in [5.74, 6) is 1.25. The maximum Gasteiger partial charge on any atom is 0.226 e. The van der Waals surface area contributed by atoms with E-state index in [1.165, 1.54) is 0 Å². The molecule has 0 saturated carbocycles. The highest BCUT2D eigenvalue weighted by molar-refractivity contribution is 5.85. The summed E-state index contributed by atoms with van der Waals surface area (Å²) in [6.07, 6.45) is 3.52. The van der Waals surface area contributed by atoms with Crippen LogP contribution in [0.3, 0.4) is 0 Å². The van der Waals surface area contributed by atoms with E-state index in [9.17, 15) is 4.79 Å². The molecule has 1 amide bonds. The zero-order valence-electron chi connectivity index (χ0n) is 13.7. The summed E-state index contributed by atoms with van der Waals surface area (Å²) in [4.78, 5) is 16.9. The van der Waals surface area contributed by atoms with E-state index in [0.29, 0.717) is 12.6 Å². The number of halogens is 1. The third-order valence-electron chi connectivity index (χ3n) is 4.03. The second-order valence-corrected chi connectivity index (χ2v) is 6.22. The summed E-state index contributed by atoms with van der Waals surface area (Å²) in [5, 5.41) is 3.40. The van der Waals surface area contributed by atoms with Gasteiger partial charge in [-0.05, 0) is 52.5 Å². The minimum Gasteiger partial charge on any atom is -0.467 e. The number of nitrogens with one attached hydrogen (secondary N) is 1. The lowest BCUT2D eigenvalue weighted by Gasteiger charge is -2.32. The van der Waals surface area contributed by atoms with Crippen molar-refractivity contribution in [1.29, 1.82) is 0 Å². The Morgan fingerprint density at radius 1 is 1.41 bits per heavy atom. The van der Waals surface area contributed by atoms with Crippen LogP contribution < -0.4 is 5.32 Å². The molecule has 0 spiro atoms. The molecule has 126 valence electrons. The van der Waals surface area contributed by atoms with Crippen LogP contribution in [0.2, 0.25) is 0 Å². The van der Waals surface area contributed by atoms with Crippen LogP contribution in [0.15, 0.2) is 22.8 Å². The summed E-state index contributed by atoms with van der Waals surface area (Å²) in [6, 6.07) is 4.23. The molecule has 6 heteroatoms. The molecular formula is C16H28ClN3O2. The van der Waals surface area contributed by atoms with Crippen molar-refractivity contribution in [2.75, 3.05) is 33.7 Å². The molecule has 2 heterocycles. The number of carbonyl (C=O) groups is 1. The number of nitrogens with zero attached hydrogens (tertiary/aromatic N) is 2. The predicted octanol–water partition coefficient (Wildman–Crippen LogP) is 1.98. The molecule has 1 aliphatic heterocycles. The van der Waals surface area contributed by atoms with E-state index in [0.717, 1.165) is 38.2 Å². The number of hydrogen-bond acceptors (Lipinski definition) is 4. The maximum atomic E-state index is 12.8. The van der Waals surface area contributed by atoms with Crippen molar-refractivity contribution in [2.24, 2.45) is 5.92 Å². The lowest BCUT2D eigenvalue weighted by Crippen LogP contribution is -2.45. The minimum atomic E-state index is 0. The number of likely N-dealkylation sites (N-methyl/N-ethyl adjacent to an activating group) is 1. The van der Waals surface area contributed by atoms with Gasteiger partial charge >= 0.3 is 0 Å². The Hall–Kier alpha value is -1.04. The lowest BCUT2D eigenvalue weighted by molar-refractivity contribution is -0.137. The average Bonchev–Trinajstić information content (AvgIpc) is 2.95. The van der Waals surface area contributed by atoms with E-state index >= 15 is 0 Å². The standard InChI is InChI=1S/C16H27N3O2.ClH/c1-13-11-14(6-7-17-13)16(20)19(9-8-18(2)3)12-15-5-4-10-21-15;/h4-5,10,13-14,17H,6-9,11-12H2,1-3H3;1H/t13-,14-;/m0./s1. The van der Waals surface area contributed by atoms with E-state index < -0.39 is 0 Å². The molecule has 1 aromatic heterocycles. The van der Waals surface area contributed by atoms with Crippen LogP contribution in [0.1, 0.15) is 25.5 Å². The van der Waals surface area contributed by atoms with Crippen LogP contribution in [-0.4, -0.2) is 55.5 Å². The van der Waals surface area contributed by atoms with Gasteiger partial charge in [-0.15, -0.1) is 12.4 Å². The SMILES string of the molecule is C[C@H]1C[C@@H](C(=O)N(CCN(C)C)Cc2ccco2)CCN1.Cl. The van der Waals surface area contributed by atoms with Crippen molar-refractivity contribution in [3.8, 4) is 0 Å². The Labute approximate surface area is 139 Å². The smallest absolute Gasteiger partial charge is 0.226 e. The fourth-order valence-electron chi connectivity index (χ4n) is 2.79. The van der Waals surface area contributed by atoms with E-state index in [4.69, 9.17) is 4.42 Å². The monoisotopic (exact) mass is 329 g/mol. The van der Waals surface area contributed by atoms with Crippen molar-refractivity contribution in [2.45, 2.75) is 32.4 Å². The normalized spacial score (nSPS) is 21.5. The molecule has 0 unspecified atom stereocenters.